The molecule has 1 aromatic carbocycles. The van der Waals surface area contributed by atoms with Gasteiger partial charge in [0.1, 0.15) is 22.0 Å². The SMILES string of the molecule is COc1ccccc1NC(=O)CSc1nc(C2CC2)nc2c1c(=O)n(C)c(=O)n2C. The normalized spacial score (nSPS) is 13.4. The summed E-state index contributed by atoms with van der Waals surface area (Å²) in [5.74, 6) is 1.18. The Morgan fingerprint density at radius 1 is 1.20 bits per heavy atom. The first-order valence-electron chi connectivity index (χ1n) is 9.44. The Bertz CT molecular complexity index is 1260. The molecule has 9 nitrogen and oxygen atoms in total. The van der Waals surface area contributed by atoms with Crippen LogP contribution in [0.5, 0.6) is 5.75 Å². The zero-order chi connectivity index (χ0) is 21.4. The molecule has 1 N–H and O–H groups in total. The molecule has 0 atom stereocenters. The van der Waals surface area contributed by atoms with Crippen LogP contribution in [-0.2, 0) is 18.9 Å². The predicted octanol–water partition coefficient (Wildman–Crippen LogP) is 1.64. The fourth-order valence-electron chi connectivity index (χ4n) is 3.14. The van der Waals surface area contributed by atoms with E-state index < -0.39 is 11.2 Å². The fourth-order valence-corrected chi connectivity index (χ4v) is 3.96. The number of ether oxygens (including phenoxy) is 1. The summed E-state index contributed by atoms with van der Waals surface area (Å²) >= 11 is 1.15. The molecule has 156 valence electrons. The minimum absolute atomic E-state index is 0.0419. The van der Waals surface area contributed by atoms with Crippen LogP contribution in [0.15, 0.2) is 38.9 Å². The van der Waals surface area contributed by atoms with Gasteiger partial charge >= 0.3 is 5.69 Å². The number of para-hydroxylation sites is 2. The van der Waals surface area contributed by atoms with Crippen molar-refractivity contribution in [3.63, 3.8) is 0 Å². The summed E-state index contributed by atoms with van der Waals surface area (Å²) in [6, 6.07) is 7.12. The summed E-state index contributed by atoms with van der Waals surface area (Å²) < 4.78 is 7.63. The number of thioether (sulfide) groups is 1. The van der Waals surface area contributed by atoms with Crippen molar-refractivity contribution < 1.29 is 9.53 Å². The van der Waals surface area contributed by atoms with Gasteiger partial charge in [0.05, 0.1) is 18.6 Å². The molecule has 2 aromatic heterocycles. The highest BCUT2D eigenvalue weighted by atomic mass is 32.2. The molecule has 0 saturated heterocycles. The third kappa shape index (κ3) is 3.70. The first-order valence-corrected chi connectivity index (χ1v) is 10.4. The summed E-state index contributed by atoms with van der Waals surface area (Å²) in [5.41, 5.74) is -0.0522. The van der Waals surface area contributed by atoms with Crippen LogP contribution in [-0.4, -0.2) is 37.9 Å². The standard InChI is InChI=1S/C20H21N5O4S/c1-24-17-15(19(27)25(2)20(24)28)18(23-16(22-17)11-8-9-11)30-10-14(26)21-12-6-4-5-7-13(12)29-3/h4-7,11H,8-10H2,1-3H3,(H,21,26). The lowest BCUT2D eigenvalue weighted by atomic mass is 10.3. The van der Waals surface area contributed by atoms with Gasteiger partial charge in [-0.1, -0.05) is 23.9 Å². The summed E-state index contributed by atoms with van der Waals surface area (Å²) in [6.45, 7) is 0. The van der Waals surface area contributed by atoms with Crippen molar-refractivity contribution in [3.05, 3.63) is 50.9 Å². The Morgan fingerprint density at radius 2 is 1.93 bits per heavy atom. The van der Waals surface area contributed by atoms with Crippen molar-refractivity contribution in [1.82, 2.24) is 19.1 Å². The maximum Gasteiger partial charge on any atom is 0.332 e. The molecular weight excluding hydrogens is 406 g/mol. The monoisotopic (exact) mass is 427 g/mol. The minimum atomic E-state index is -0.469. The van der Waals surface area contributed by atoms with E-state index in [2.05, 4.69) is 15.3 Å². The number of carbonyl (C=O) groups is 1. The van der Waals surface area contributed by atoms with E-state index in [1.807, 2.05) is 6.07 Å². The highest BCUT2D eigenvalue weighted by Gasteiger charge is 2.29. The van der Waals surface area contributed by atoms with E-state index in [0.717, 1.165) is 29.2 Å². The topological polar surface area (TPSA) is 108 Å². The first-order chi connectivity index (χ1) is 14.4. The van der Waals surface area contributed by atoms with Crippen LogP contribution in [0.1, 0.15) is 24.6 Å². The number of aromatic nitrogens is 4. The number of amides is 1. The Morgan fingerprint density at radius 3 is 2.63 bits per heavy atom. The second-order valence-electron chi connectivity index (χ2n) is 7.10. The zero-order valence-corrected chi connectivity index (χ0v) is 17.7. The maximum atomic E-state index is 12.8. The largest absolute Gasteiger partial charge is 0.495 e. The van der Waals surface area contributed by atoms with Gasteiger partial charge in [0.2, 0.25) is 5.91 Å². The van der Waals surface area contributed by atoms with Crippen LogP contribution >= 0.6 is 11.8 Å². The molecule has 0 unspecified atom stereocenters. The number of nitrogens with one attached hydrogen (secondary N) is 1. The number of rotatable bonds is 6. The van der Waals surface area contributed by atoms with E-state index >= 15 is 0 Å². The molecule has 10 heteroatoms. The summed E-state index contributed by atoms with van der Waals surface area (Å²) in [4.78, 5) is 46.7. The molecule has 4 rings (SSSR count). The van der Waals surface area contributed by atoms with Crippen LogP contribution in [0.2, 0.25) is 0 Å². The van der Waals surface area contributed by atoms with Crippen molar-refractivity contribution >= 4 is 34.4 Å². The quantitative estimate of drug-likeness (QED) is 0.471. The number of hydrogen-bond acceptors (Lipinski definition) is 7. The minimum Gasteiger partial charge on any atom is -0.495 e. The number of hydrogen-bond donors (Lipinski definition) is 1. The van der Waals surface area contributed by atoms with Gasteiger partial charge in [0.15, 0.2) is 5.65 Å². The van der Waals surface area contributed by atoms with E-state index in [1.165, 1.54) is 18.7 Å². The summed E-state index contributed by atoms with van der Waals surface area (Å²) in [5, 5.41) is 3.47. The lowest BCUT2D eigenvalue weighted by molar-refractivity contribution is -0.113. The lowest BCUT2D eigenvalue weighted by Gasteiger charge is -2.12. The molecule has 1 amide bonds. The number of anilines is 1. The predicted molar refractivity (Wildman–Crippen MR) is 114 cm³/mol. The molecule has 1 aliphatic rings. The molecule has 2 heterocycles. The van der Waals surface area contributed by atoms with Crippen LogP contribution in [0.25, 0.3) is 11.0 Å². The third-order valence-electron chi connectivity index (χ3n) is 4.95. The van der Waals surface area contributed by atoms with Crippen molar-refractivity contribution in [2.24, 2.45) is 14.1 Å². The van der Waals surface area contributed by atoms with Crippen molar-refractivity contribution in [2.45, 2.75) is 23.8 Å². The maximum absolute atomic E-state index is 12.8. The molecule has 0 radical (unpaired) electrons. The molecule has 3 aromatic rings. The number of fused-ring (bicyclic) bond motifs is 1. The van der Waals surface area contributed by atoms with E-state index in [0.29, 0.717) is 27.9 Å². The van der Waals surface area contributed by atoms with Gasteiger partial charge in [-0.2, -0.15) is 0 Å². The molecule has 1 saturated carbocycles. The van der Waals surface area contributed by atoms with E-state index in [9.17, 15) is 14.4 Å². The molecule has 1 aliphatic carbocycles. The van der Waals surface area contributed by atoms with Crippen LogP contribution in [0.3, 0.4) is 0 Å². The first kappa shape index (κ1) is 20.1. The van der Waals surface area contributed by atoms with Crippen molar-refractivity contribution in [1.29, 1.82) is 0 Å². The average molecular weight is 427 g/mol. The molecule has 0 aliphatic heterocycles. The summed E-state index contributed by atoms with van der Waals surface area (Å²) in [7, 11) is 4.53. The molecule has 0 bridgehead atoms. The second-order valence-corrected chi connectivity index (χ2v) is 8.07. The Balaban J connectivity index is 1.67. The smallest absolute Gasteiger partial charge is 0.332 e. The molecule has 1 fully saturated rings. The highest BCUT2D eigenvalue weighted by Crippen LogP contribution is 2.39. The lowest BCUT2D eigenvalue weighted by Crippen LogP contribution is -2.37. The number of nitrogens with zero attached hydrogens (tertiary/aromatic N) is 4. The van der Waals surface area contributed by atoms with Crippen LogP contribution in [0, 0.1) is 0 Å². The van der Waals surface area contributed by atoms with Crippen LogP contribution in [0.4, 0.5) is 5.69 Å². The van der Waals surface area contributed by atoms with E-state index in [1.54, 1.807) is 25.2 Å². The van der Waals surface area contributed by atoms with Gasteiger partial charge in [-0.05, 0) is 25.0 Å². The second kappa shape index (κ2) is 7.94. The highest BCUT2D eigenvalue weighted by molar-refractivity contribution is 8.00. The number of carbonyl (C=O) groups excluding carboxylic acids is 1. The molecule has 30 heavy (non-hydrogen) atoms. The molecular formula is C20H21N5O4S. The number of methoxy groups -OCH3 is 1. The van der Waals surface area contributed by atoms with Crippen molar-refractivity contribution in [2.75, 3.05) is 18.2 Å². The van der Waals surface area contributed by atoms with Gasteiger partial charge in [-0.25, -0.2) is 14.8 Å². The fraction of sp³-hybridized carbons (Fsp3) is 0.350. The van der Waals surface area contributed by atoms with Crippen LogP contribution < -0.4 is 21.3 Å². The third-order valence-corrected chi connectivity index (χ3v) is 5.92. The Labute approximate surface area is 176 Å². The number of benzene rings is 1. The van der Waals surface area contributed by atoms with E-state index in [4.69, 9.17) is 4.74 Å². The van der Waals surface area contributed by atoms with Gasteiger partial charge in [0.25, 0.3) is 5.56 Å². The molecule has 0 spiro atoms. The van der Waals surface area contributed by atoms with Gasteiger partial charge < -0.3 is 10.1 Å². The average Bonchev–Trinajstić information content (AvgIpc) is 3.60. The summed E-state index contributed by atoms with van der Waals surface area (Å²) in [6.07, 6.45) is 1.95. The van der Waals surface area contributed by atoms with Crippen molar-refractivity contribution in [3.8, 4) is 5.75 Å². The Kier molecular flexibility index (Phi) is 5.33. The van der Waals surface area contributed by atoms with Gasteiger partial charge in [-0.15, -0.1) is 0 Å². The zero-order valence-electron chi connectivity index (χ0n) is 16.8. The van der Waals surface area contributed by atoms with Gasteiger partial charge in [0, 0.05) is 20.0 Å². The van der Waals surface area contributed by atoms with E-state index in [-0.39, 0.29) is 23.0 Å². The number of aryl methyl sites for hydroxylation is 1. The Hall–Kier alpha value is -3.14. The van der Waals surface area contributed by atoms with Gasteiger partial charge in [-0.3, -0.25) is 18.7 Å².